The predicted molar refractivity (Wildman–Crippen MR) is 67.8 cm³/mol. The van der Waals surface area contributed by atoms with Gasteiger partial charge in [0.05, 0.1) is 0 Å². The fourth-order valence-corrected chi connectivity index (χ4v) is 2.51. The Kier molecular flexibility index (Phi) is 3.18. The second kappa shape index (κ2) is 4.60. The van der Waals surface area contributed by atoms with Crippen molar-refractivity contribution in [2.75, 3.05) is 0 Å². The number of aryl methyl sites for hydroxylation is 1. The molecule has 0 heterocycles. The van der Waals surface area contributed by atoms with Crippen LogP contribution in [-0.2, 0) is 0 Å². The summed E-state index contributed by atoms with van der Waals surface area (Å²) in [4.78, 5) is 0. The van der Waals surface area contributed by atoms with Crippen LogP contribution in [0.3, 0.4) is 0 Å². The van der Waals surface area contributed by atoms with Gasteiger partial charge in [0.1, 0.15) is 0 Å². The molecule has 1 aliphatic rings. The number of rotatable bonds is 2. The topological polar surface area (TPSA) is 47.7 Å². The molecule has 1 saturated carbocycles. The van der Waals surface area contributed by atoms with Crippen LogP contribution in [0.25, 0.3) is 0 Å². The molecule has 2 nitrogen and oxygen atoms in total. The van der Waals surface area contributed by atoms with Crippen LogP contribution in [0.4, 0.5) is 0 Å². The zero-order valence-electron chi connectivity index (χ0n) is 9.66. The van der Waals surface area contributed by atoms with Crippen molar-refractivity contribution in [3.8, 4) is 0 Å². The Balaban J connectivity index is 2.27. The van der Waals surface area contributed by atoms with E-state index in [4.69, 9.17) is 10.8 Å². The minimum atomic E-state index is 0.0245. The molecule has 0 aliphatic heterocycles. The molecule has 0 amide bonds. The molecule has 0 saturated heterocycles. The molecule has 1 aromatic carbocycles. The first kappa shape index (κ1) is 11.1. The van der Waals surface area contributed by atoms with Gasteiger partial charge in [0.15, 0.2) is 0 Å². The van der Waals surface area contributed by atoms with E-state index in [0.29, 0.717) is 5.92 Å². The fraction of sp³-hybridized carbons (Fsp3) is 0.429. The van der Waals surface area contributed by atoms with Crippen molar-refractivity contribution >= 4 is 11.9 Å². The lowest BCUT2D eigenvalue weighted by atomic mass is 9.75. The van der Waals surface area contributed by atoms with Gasteiger partial charge in [0, 0.05) is 17.8 Å². The molecule has 0 spiro atoms. The Bertz CT molecular complexity index is 392. The van der Waals surface area contributed by atoms with Gasteiger partial charge >= 0.3 is 0 Å². The largest absolute Gasteiger partial charge is 0.312 e. The van der Waals surface area contributed by atoms with Gasteiger partial charge in [-0.3, -0.25) is 0 Å². The standard InChI is InChI=1S/C14H18N2/c1-10-5-7-11(8-6-10)12-3-2-4-14(16)13(12)9-15/h5-9,12-13,15-16H,2-4H2,1H3. The minimum Gasteiger partial charge on any atom is -0.312 e. The average molecular weight is 214 g/mol. The van der Waals surface area contributed by atoms with Crippen LogP contribution >= 0.6 is 0 Å². The van der Waals surface area contributed by atoms with Gasteiger partial charge in [0.2, 0.25) is 0 Å². The van der Waals surface area contributed by atoms with E-state index < -0.39 is 0 Å². The molecule has 2 unspecified atom stereocenters. The third-order valence-electron chi connectivity index (χ3n) is 3.48. The van der Waals surface area contributed by atoms with Gasteiger partial charge in [-0.1, -0.05) is 29.8 Å². The number of hydrogen-bond acceptors (Lipinski definition) is 2. The lowest BCUT2D eigenvalue weighted by Gasteiger charge is -2.29. The molecule has 84 valence electrons. The molecule has 0 aromatic heterocycles. The monoisotopic (exact) mass is 214 g/mol. The first-order valence-corrected chi connectivity index (χ1v) is 5.87. The van der Waals surface area contributed by atoms with E-state index in [-0.39, 0.29) is 5.92 Å². The molecule has 2 atom stereocenters. The number of hydrogen-bond donors (Lipinski definition) is 2. The van der Waals surface area contributed by atoms with Gasteiger partial charge in [-0.2, -0.15) is 0 Å². The van der Waals surface area contributed by atoms with E-state index >= 15 is 0 Å². The van der Waals surface area contributed by atoms with E-state index in [1.807, 2.05) is 0 Å². The molecule has 1 aromatic rings. The smallest absolute Gasteiger partial charge is 0.0381 e. The molecular weight excluding hydrogens is 196 g/mol. The van der Waals surface area contributed by atoms with E-state index in [0.717, 1.165) is 25.0 Å². The summed E-state index contributed by atoms with van der Waals surface area (Å²) < 4.78 is 0. The van der Waals surface area contributed by atoms with Gasteiger partial charge in [-0.15, -0.1) is 0 Å². The lowest BCUT2D eigenvalue weighted by Crippen LogP contribution is -2.27. The SMILES string of the molecule is Cc1ccc(C2CCCC(=N)C2C=N)cc1. The Morgan fingerprint density at radius 1 is 1.25 bits per heavy atom. The summed E-state index contributed by atoms with van der Waals surface area (Å²) in [5, 5.41) is 15.4. The van der Waals surface area contributed by atoms with Crippen molar-refractivity contribution < 1.29 is 0 Å². The van der Waals surface area contributed by atoms with Crippen molar-refractivity contribution in [3.63, 3.8) is 0 Å². The Morgan fingerprint density at radius 2 is 1.94 bits per heavy atom. The average Bonchev–Trinajstić information content (AvgIpc) is 2.30. The van der Waals surface area contributed by atoms with Crippen LogP contribution in [0, 0.1) is 23.7 Å². The summed E-state index contributed by atoms with van der Waals surface area (Å²) in [6.45, 7) is 2.08. The van der Waals surface area contributed by atoms with Crippen molar-refractivity contribution in [2.24, 2.45) is 5.92 Å². The van der Waals surface area contributed by atoms with Crippen LogP contribution in [0.5, 0.6) is 0 Å². The first-order valence-electron chi connectivity index (χ1n) is 5.87. The van der Waals surface area contributed by atoms with Crippen LogP contribution in [0.15, 0.2) is 24.3 Å². The molecule has 0 radical (unpaired) electrons. The Morgan fingerprint density at radius 3 is 2.56 bits per heavy atom. The van der Waals surface area contributed by atoms with Gasteiger partial charge in [0.25, 0.3) is 0 Å². The van der Waals surface area contributed by atoms with Crippen molar-refractivity contribution in [3.05, 3.63) is 35.4 Å². The molecular formula is C14H18N2. The molecule has 2 rings (SSSR count). The number of nitrogens with one attached hydrogen (secondary N) is 2. The van der Waals surface area contributed by atoms with Gasteiger partial charge in [-0.05, 0) is 37.7 Å². The summed E-state index contributed by atoms with van der Waals surface area (Å²) in [5.74, 6) is 0.371. The second-order valence-corrected chi connectivity index (χ2v) is 4.63. The van der Waals surface area contributed by atoms with Crippen LogP contribution in [0.2, 0.25) is 0 Å². The molecule has 2 heteroatoms. The number of benzene rings is 1. The first-order chi connectivity index (χ1) is 7.72. The van der Waals surface area contributed by atoms with Crippen molar-refractivity contribution in [1.29, 1.82) is 10.8 Å². The van der Waals surface area contributed by atoms with Crippen molar-refractivity contribution in [1.82, 2.24) is 0 Å². The Hall–Kier alpha value is -1.44. The third-order valence-corrected chi connectivity index (χ3v) is 3.48. The minimum absolute atomic E-state index is 0.0245. The molecule has 2 N–H and O–H groups in total. The molecule has 16 heavy (non-hydrogen) atoms. The summed E-state index contributed by atoms with van der Waals surface area (Å²) in [7, 11) is 0. The van der Waals surface area contributed by atoms with Crippen LogP contribution in [-0.4, -0.2) is 11.9 Å². The van der Waals surface area contributed by atoms with E-state index in [9.17, 15) is 0 Å². The highest BCUT2D eigenvalue weighted by Crippen LogP contribution is 2.34. The summed E-state index contributed by atoms with van der Waals surface area (Å²) in [6, 6.07) is 8.54. The zero-order chi connectivity index (χ0) is 11.5. The van der Waals surface area contributed by atoms with Gasteiger partial charge < -0.3 is 10.8 Å². The maximum Gasteiger partial charge on any atom is 0.0381 e. The highest BCUT2D eigenvalue weighted by atomic mass is 14.5. The lowest BCUT2D eigenvalue weighted by molar-refractivity contribution is 0.527. The maximum atomic E-state index is 7.92. The highest BCUT2D eigenvalue weighted by molar-refractivity contribution is 5.97. The fourth-order valence-electron chi connectivity index (χ4n) is 2.51. The quantitative estimate of drug-likeness (QED) is 0.707. The molecule has 1 aliphatic carbocycles. The Labute approximate surface area is 96.7 Å². The highest BCUT2D eigenvalue weighted by Gasteiger charge is 2.28. The van der Waals surface area contributed by atoms with Crippen LogP contribution in [0.1, 0.15) is 36.3 Å². The molecule has 1 fully saturated rings. The van der Waals surface area contributed by atoms with E-state index in [2.05, 4.69) is 31.2 Å². The van der Waals surface area contributed by atoms with E-state index in [1.165, 1.54) is 17.3 Å². The van der Waals surface area contributed by atoms with E-state index in [1.54, 1.807) is 0 Å². The zero-order valence-corrected chi connectivity index (χ0v) is 9.66. The summed E-state index contributed by atoms with van der Waals surface area (Å²) >= 11 is 0. The third kappa shape index (κ3) is 2.06. The summed E-state index contributed by atoms with van der Waals surface area (Å²) in [5.41, 5.74) is 3.27. The normalized spacial score (nSPS) is 25.4. The predicted octanol–water partition coefficient (Wildman–Crippen LogP) is 3.55. The second-order valence-electron chi connectivity index (χ2n) is 4.63. The summed E-state index contributed by atoms with van der Waals surface area (Å²) in [6.07, 6.45) is 4.50. The van der Waals surface area contributed by atoms with Crippen molar-refractivity contribution in [2.45, 2.75) is 32.1 Å². The van der Waals surface area contributed by atoms with Gasteiger partial charge in [-0.25, -0.2) is 0 Å². The van der Waals surface area contributed by atoms with Crippen LogP contribution < -0.4 is 0 Å². The maximum absolute atomic E-state index is 7.92. The molecule has 0 bridgehead atoms.